The van der Waals surface area contributed by atoms with Crippen molar-refractivity contribution in [2.75, 3.05) is 38.0 Å². The molecule has 0 unspecified atom stereocenters. The molecule has 236 valence electrons. The van der Waals surface area contributed by atoms with Crippen molar-refractivity contribution in [3.05, 3.63) is 112 Å². The number of methoxy groups -OCH3 is 1. The van der Waals surface area contributed by atoms with Crippen LogP contribution in [-0.4, -0.2) is 49.6 Å². The number of hydrogen-bond acceptors (Lipinski definition) is 7. The highest BCUT2D eigenvalue weighted by Crippen LogP contribution is 2.34. The second-order valence-electron chi connectivity index (χ2n) is 11.3. The summed E-state index contributed by atoms with van der Waals surface area (Å²) in [7, 11) is 5.43. The standard InChI is InChI=1S/C36H36FN5O4/c1-22(2)29-19-30(23(3)17-33(29)45-6)35-40-31-10-8-7-9-28(31)36(44)42(35)38-20-24-11-16-27(41(4)5)18-32(24)46-21-34(43)39-26-14-12-25(37)13-15-26/h7-20,22H,21H2,1-6H3,(H,39,43). The quantitative estimate of drug-likeness (QED) is 0.176. The number of aromatic nitrogens is 2. The van der Waals surface area contributed by atoms with Gasteiger partial charge in [-0.1, -0.05) is 26.0 Å². The minimum atomic E-state index is -0.419. The van der Waals surface area contributed by atoms with Crippen molar-refractivity contribution in [3.8, 4) is 22.9 Å². The van der Waals surface area contributed by atoms with Gasteiger partial charge in [0.2, 0.25) is 0 Å². The van der Waals surface area contributed by atoms with Crippen molar-refractivity contribution in [3.63, 3.8) is 0 Å². The first-order chi connectivity index (χ1) is 22.0. The van der Waals surface area contributed by atoms with Crippen LogP contribution in [0.4, 0.5) is 15.8 Å². The largest absolute Gasteiger partial charge is 0.496 e. The maximum absolute atomic E-state index is 13.9. The van der Waals surface area contributed by atoms with E-state index in [1.807, 2.05) is 50.2 Å². The number of nitrogens with one attached hydrogen (secondary N) is 1. The molecule has 0 saturated heterocycles. The Hall–Kier alpha value is -5.51. The van der Waals surface area contributed by atoms with Crippen molar-refractivity contribution in [2.24, 2.45) is 5.10 Å². The fraction of sp³-hybridized carbons (Fsp3) is 0.222. The molecule has 1 N–H and O–H groups in total. The van der Waals surface area contributed by atoms with E-state index in [1.165, 1.54) is 35.2 Å². The lowest BCUT2D eigenvalue weighted by Gasteiger charge is -2.18. The number of para-hydroxylation sites is 1. The predicted molar refractivity (Wildman–Crippen MR) is 181 cm³/mol. The summed E-state index contributed by atoms with van der Waals surface area (Å²) in [6.07, 6.45) is 1.52. The molecule has 9 nitrogen and oxygen atoms in total. The number of halogens is 1. The van der Waals surface area contributed by atoms with E-state index < -0.39 is 11.7 Å². The van der Waals surface area contributed by atoms with Gasteiger partial charge in [0.15, 0.2) is 12.4 Å². The Morgan fingerprint density at radius 1 is 1.04 bits per heavy atom. The van der Waals surface area contributed by atoms with Gasteiger partial charge in [-0.05, 0) is 84.6 Å². The normalized spacial score (nSPS) is 11.3. The second-order valence-corrected chi connectivity index (χ2v) is 11.3. The smallest absolute Gasteiger partial charge is 0.282 e. The van der Waals surface area contributed by atoms with Gasteiger partial charge >= 0.3 is 0 Å². The monoisotopic (exact) mass is 621 g/mol. The minimum absolute atomic E-state index is 0.161. The van der Waals surface area contributed by atoms with Crippen LogP contribution in [0.5, 0.6) is 11.5 Å². The molecule has 0 atom stereocenters. The van der Waals surface area contributed by atoms with Crippen LogP contribution in [0.15, 0.2) is 88.8 Å². The van der Waals surface area contributed by atoms with E-state index >= 15 is 0 Å². The lowest BCUT2D eigenvalue weighted by Crippen LogP contribution is -2.21. The molecule has 0 aliphatic heterocycles. The number of carbonyl (C=O) groups excluding carboxylic acids is 1. The average molecular weight is 622 g/mol. The van der Waals surface area contributed by atoms with Crippen molar-refractivity contribution in [2.45, 2.75) is 26.7 Å². The fourth-order valence-corrected chi connectivity index (χ4v) is 5.00. The number of benzene rings is 4. The van der Waals surface area contributed by atoms with Gasteiger partial charge in [-0.2, -0.15) is 9.78 Å². The highest BCUT2D eigenvalue weighted by atomic mass is 19.1. The Balaban J connectivity index is 1.56. The Morgan fingerprint density at radius 2 is 1.78 bits per heavy atom. The summed E-state index contributed by atoms with van der Waals surface area (Å²) < 4.78 is 26.2. The molecule has 1 aromatic heterocycles. The molecule has 5 rings (SSSR count). The third-order valence-electron chi connectivity index (χ3n) is 7.51. The van der Waals surface area contributed by atoms with E-state index in [2.05, 4.69) is 24.3 Å². The second kappa shape index (κ2) is 13.6. The molecule has 46 heavy (non-hydrogen) atoms. The highest BCUT2D eigenvalue weighted by molar-refractivity contribution is 5.92. The zero-order chi connectivity index (χ0) is 33.0. The number of aryl methyl sites for hydroxylation is 1. The van der Waals surface area contributed by atoms with Crippen LogP contribution in [0.3, 0.4) is 0 Å². The first-order valence-electron chi connectivity index (χ1n) is 14.8. The van der Waals surface area contributed by atoms with Crippen molar-refractivity contribution in [1.82, 2.24) is 9.66 Å². The van der Waals surface area contributed by atoms with E-state index in [9.17, 15) is 14.0 Å². The Morgan fingerprint density at radius 3 is 2.48 bits per heavy atom. The highest BCUT2D eigenvalue weighted by Gasteiger charge is 2.19. The van der Waals surface area contributed by atoms with Gasteiger partial charge in [0.05, 0.1) is 24.2 Å². The zero-order valence-electron chi connectivity index (χ0n) is 26.7. The van der Waals surface area contributed by atoms with Crippen LogP contribution in [0, 0.1) is 12.7 Å². The summed E-state index contributed by atoms with van der Waals surface area (Å²) in [6.45, 7) is 5.80. The molecule has 0 saturated carbocycles. The first-order valence-corrected chi connectivity index (χ1v) is 14.8. The van der Waals surface area contributed by atoms with E-state index in [1.54, 1.807) is 37.4 Å². The molecule has 10 heteroatoms. The molecule has 0 aliphatic rings. The molecule has 0 radical (unpaired) electrons. The number of carbonyl (C=O) groups is 1. The molecule has 1 amide bonds. The number of ether oxygens (including phenoxy) is 2. The van der Waals surface area contributed by atoms with Crippen LogP contribution in [-0.2, 0) is 4.79 Å². The molecular weight excluding hydrogens is 585 g/mol. The maximum Gasteiger partial charge on any atom is 0.282 e. The fourth-order valence-electron chi connectivity index (χ4n) is 5.00. The van der Waals surface area contributed by atoms with Crippen molar-refractivity contribution < 1.29 is 18.7 Å². The van der Waals surface area contributed by atoms with E-state index in [-0.39, 0.29) is 18.1 Å². The minimum Gasteiger partial charge on any atom is -0.496 e. The van der Waals surface area contributed by atoms with Crippen molar-refractivity contribution >= 4 is 34.4 Å². The summed E-state index contributed by atoms with van der Waals surface area (Å²) in [5.74, 6) is 0.876. The molecule has 0 aliphatic carbocycles. The van der Waals surface area contributed by atoms with Crippen molar-refractivity contribution in [1.29, 1.82) is 0 Å². The Kier molecular flexibility index (Phi) is 9.46. The summed E-state index contributed by atoms with van der Waals surface area (Å²) >= 11 is 0. The Bertz CT molecular complexity index is 1980. The summed E-state index contributed by atoms with van der Waals surface area (Å²) in [5.41, 5.74) is 4.66. The van der Waals surface area contributed by atoms with Gasteiger partial charge in [-0.15, -0.1) is 0 Å². The lowest BCUT2D eigenvalue weighted by atomic mass is 9.96. The van der Waals surface area contributed by atoms with Crippen LogP contribution < -0.4 is 25.2 Å². The average Bonchev–Trinajstić information content (AvgIpc) is 3.04. The summed E-state index contributed by atoms with van der Waals surface area (Å²) in [5, 5.41) is 7.77. The van der Waals surface area contributed by atoms with E-state index in [0.29, 0.717) is 33.7 Å². The summed E-state index contributed by atoms with van der Waals surface area (Å²) in [6, 6.07) is 22.1. The molecule has 0 spiro atoms. The summed E-state index contributed by atoms with van der Waals surface area (Å²) in [4.78, 5) is 33.4. The van der Waals surface area contributed by atoms with E-state index in [0.717, 1.165) is 28.1 Å². The van der Waals surface area contributed by atoms with E-state index in [4.69, 9.17) is 14.5 Å². The molecule has 0 bridgehead atoms. The number of anilines is 2. The molecule has 0 fully saturated rings. The molecular formula is C36H36FN5O4. The number of nitrogens with zero attached hydrogens (tertiary/aromatic N) is 4. The number of fused-ring (bicyclic) bond motifs is 1. The number of hydrogen-bond donors (Lipinski definition) is 1. The lowest BCUT2D eigenvalue weighted by molar-refractivity contribution is -0.118. The molecule has 4 aromatic carbocycles. The van der Waals surface area contributed by atoms with Gasteiger partial charge in [0.1, 0.15) is 17.3 Å². The van der Waals surface area contributed by atoms with Crippen LogP contribution in [0.25, 0.3) is 22.3 Å². The van der Waals surface area contributed by atoms with Gasteiger partial charge in [-0.3, -0.25) is 9.59 Å². The van der Waals surface area contributed by atoms with Crippen LogP contribution in [0.1, 0.15) is 36.5 Å². The van der Waals surface area contributed by atoms with Gasteiger partial charge in [-0.25, -0.2) is 9.37 Å². The third kappa shape index (κ3) is 6.91. The van der Waals surface area contributed by atoms with Gasteiger partial charge in [0.25, 0.3) is 11.5 Å². The maximum atomic E-state index is 13.9. The van der Waals surface area contributed by atoms with Crippen LogP contribution >= 0.6 is 0 Å². The number of amides is 1. The van der Waals surface area contributed by atoms with Crippen LogP contribution in [0.2, 0.25) is 0 Å². The SMILES string of the molecule is COc1cc(C)c(-c2nc3ccccc3c(=O)n2N=Cc2ccc(N(C)C)cc2OCC(=O)Nc2ccc(F)cc2)cc1C(C)C. The Labute approximate surface area is 266 Å². The molecule has 5 aromatic rings. The number of rotatable bonds is 10. The van der Waals surface area contributed by atoms with Gasteiger partial charge in [0, 0.05) is 42.7 Å². The molecule has 1 heterocycles. The third-order valence-corrected chi connectivity index (χ3v) is 7.51. The zero-order valence-corrected chi connectivity index (χ0v) is 26.7. The topological polar surface area (TPSA) is 98.1 Å². The predicted octanol–water partition coefficient (Wildman–Crippen LogP) is 6.61. The van der Waals surface area contributed by atoms with Gasteiger partial charge < -0.3 is 19.7 Å². The first kappa shape index (κ1) is 31.9.